The minimum Gasteiger partial charge on any atom is -0.325 e. The largest absolute Gasteiger partial charge is 0.325 e. The maximum Gasteiger partial charge on any atom is 0.234 e. The van der Waals surface area contributed by atoms with Gasteiger partial charge in [0.1, 0.15) is 0 Å². The Morgan fingerprint density at radius 3 is 2.26 bits per heavy atom. The van der Waals surface area contributed by atoms with E-state index in [1.165, 1.54) is 27.1 Å². The Morgan fingerprint density at radius 2 is 1.70 bits per heavy atom. The molecule has 1 amide bonds. The third-order valence-electron chi connectivity index (χ3n) is 3.95. The first-order valence-electron chi connectivity index (χ1n) is 8.15. The number of anilines is 1. The number of carbonyl (C=O) groups is 1. The van der Waals surface area contributed by atoms with Gasteiger partial charge in [-0.05, 0) is 49.4 Å². The van der Waals surface area contributed by atoms with Crippen LogP contribution in [0, 0.1) is 13.8 Å². The van der Waals surface area contributed by atoms with E-state index in [9.17, 15) is 4.79 Å². The van der Waals surface area contributed by atoms with Crippen molar-refractivity contribution in [3.63, 3.8) is 0 Å². The van der Waals surface area contributed by atoms with Crippen molar-refractivity contribution in [2.75, 3.05) is 11.1 Å². The second kappa shape index (κ2) is 8.21. The summed E-state index contributed by atoms with van der Waals surface area (Å²) in [7, 11) is 0. The highest BCUT2D eigenvalue weighted by atomic mass is 32.2. The zero-order valence-electron chi connectivity index (χ0n) is 14.4. The van der Waals surface area contributed by atoms with Crippen molar-refractivity contribution in [3.05, 3.63) is 58.7 Å². The number of carbonyl (C=O) groups excluding carboxylic acids is 1. The van der Waals surface area contributed by atoms with Crippen molar-refractivity contribution in [2.24, 2.45) is 0 Å². The topological polar surface area (TPSA) is 29.1 Å². The quantitative estimate of drug-likeness (QED) is 0.743. The molecular weight excluding hydrogens is 302 g/mol. The molecule has 0 saturated carbocycles. The lowest BCUT2D eigenvalue weighted by Crippen LogP contribution is -2.16. The van der Waals surface area contributed by atoms with Crippen LogP contribution in [-0.4, -0.2) is 11.7 Å². The summed E-state index contributed by atoms with van der Waals surface area (Å²) in [6.45, 7) is 8.42. The molecule has 1 N–H and O–H groups in total. The highest BCUT2D eigenvalue weighted by Gasteiger charge is 2.11. The van der Waals surface area contributed by atoms with Crippen LogP contribution < -0.4 is 5.32 Å². The first-order valence-corrected chi connectivity index (χ1v) is 9.14. The molecule has 0 unspecified atom stereocenters. The van der Waals surface area contributed by atoms with Gasteiger partial charge in [-0.3, -0.25) is 4.79 Å². The standard InChI is InChI=1S/C20H25NOS/c1-5-16-8-7-9-17(6-2)20(16)21-19(22)13-23-18-11-10-14(3)12-15(18)4/h7-12H,5-6,13H2,1-4H3,(H,21,22). The molecule has 0 aliphatic rings. The molecule has 0 heterocycles. The van der Waals surface area contributed by atoms with E-state index in [0.717, 1.165) is 18.5 Å². The van der Waals surface area contributed by atoms with Crippen molar-refractivity contribution < 1.29 is 4.79 Å². The summed E-state index contributed by atoms with van der Waals surface area (Å²) in [4.78, 5) is 13.5. The number of amides is 1. The van der Waals surface area contributed by atoms with Gasteiger partial charge < -0.3 is 5.32 Å². The van der Waals surface area contributed by atoms with Gasteiger partial charge >= 0.3 is 0 Å². The first-order chi connectivity index (χ1) is 11.0. The third-order valence-corrected chi connectivity index (χ3v) is 5.13. The molecule has 0 fully saturated rings. The smallest absolute Gasteiger partial charge is 0.234 e. The Bertz CT molecular complexity index is 672. The van der Waals surface area contributed by atoms with Crippen LogP contribution >= 0.6 is 11.8 Å². The van der Waals surface area contributed by atoms with Crippen molar-refractivity contribution in [1.29, 1.82) is 0 Å². The van der Waals surface area contributed by atoms with E-state index in [1.807, 2.05) is 0 Å². The van der Waals surface area contributed by atoms with Crippen LogP contribution in [0.15, 0.2) is 41.3 Å². The minimum atomic E-state index is 0.0607. The molecule has 122 valence electrons. The number of para-hydroxylation sites is 1. The molecule has 0 atom stereocenters. The number of benzene rings is 2. The van der Waals surface area contributed by atoms with Crippen LogP contribution in [0.25, 0.3) is 0 Å². The molecular formula is C20H25NOS. The van der Waals surface area contributed by atoms with Gasteiger partial charge in [0.15, 0.2) is 0 Å². The van der Waals surface area contributed by atoms with Gasteiger partial charge in [0.2, 0.25) is 5.91 Å². The number of hydrogen-bond donors (Lipinski definition) is 1. The Hall–Kier alpha value is -1.74. The summed E-state index contributed by atoms with van der Waals surface area (Å²) < 4.78 is 0. The molecule has 2 aromatic rings. The maximum atomic E-state index is 12.4. The molecule has 0 saturated heterocycles. The van der Waals surface area contributed by atoms with Gasteiger partial charge in [-0.1, -0.05) is 49.7 Å². The van der Waals surface area contributed by atoms with Crippen molar-refractivity contribution >= 4 is 23.4 Å². The Morgan fingerprint density at radius 1 is 1.04 bits per heavy atom. The van der Waals surface area contributed by atoms with E-state index in [4.69, 9.17) is 0 Å². The number of thioether (sulfide) groups is 1. The SMILES string of the molecule is CCc1cccc(CC)c1NC(=O)CSc1ccc(C)cc1C. The fourth-order valence-electron chi connectivity index (χ4n) is 2.68. The van der Waals surface area contributed by atoms with Crippen LogP contribution in [0.1, 0.15) is 36.1 Å². The summed E-state index contributed by atoms with van der Waals surface area (Å²) >= 11 is 1.60. The molecule has 0 aromatic heterocycles. The molecule has 23 heavy (non-hydrogen) atoms. The Balaban J connectivity index is 2.05. The Labute approximate surface area is 143 Å². The van der Waals surface area contributed by atoms with Crippen molar-refractivity contribution in [1.82, 2.24) is 0 Å². The van der Waals surface area contributed by atoms with Crippen LogP contribution in [0.2, 0.25) is 0 Å². The van der Waals surface area contributed by atoms with Gasteiger partial charge in [-0.2, -0.15) is 0 Å². The molecule has 3 heteroatoms. The van der Waals surface area contributed by atoms with E-state index in [0.29, 0.717) is 5.75 Å². The molecule has 2 aromatic carbocycles. The van der Waals surface area contributed by atoms with Crippen LogP contribution in [0.3, 0.4) is 0 Å². The maximum absolute atomic E-state index is 12.4. The molecule has 0 radical (unpaired) electrons. The van der Waals surface area contributed by atoms with E-state index >= 15 is 0 Å². The van der Waals surface area contributed by atoms with Crippen LogP contribution in [0.4, 0.5) is 5.69 Å². The highest BCUT2D eigenvalue weighted by molar-refractivity contribution is 8.00. The second-order valence-electron chi connectivity index (χ2n) is 5.76. The van der Waals surface area contributed by atoms with Crippen LogP contribution in [-0.2, 0) is 17.6 Å². The average Bonchev–Trinajstić information content (AvgIpc) is 2.54. The van der Waals surface area contributed by atoms with Gasteiger partial charge in [-0.15, -0.1) is 11.8 Å². The van der Waals surface area contributed by atoms with Gasteiger partial charge in [-0.25, -0.2) is 0 Å². The molecule has 2 rings (SSSR count). The average molecular weight is 327 g/mol. The zero-order valence-corrected chi connectivity index (χ0v) is 15.2. The summed E-state index contributed by atoms with van der Waals surface area (Å²) in [6, 6.07) is 12.6. The second-order valence-corrected chi connectivity index (χ2v) is 6.78. The van der Waals surface area contributed by atoms with E-state index in [1.54, 1.807) is 11.8 Å². The van der Waals surface area contributed by atoms with Gasteiger partial charge in [0.25, 0.3) is 0 Å². The van der Waals surface area contributed by atoms with E-state index in [-0.39, 0.29) is 5.91 Å². The predicted octanol–water partition coefficient (Wildman–Crippen LogP) is 5.16. The molecule has 2 nitrogen and oxygen atoms in total. The lowest BCUT2D eigenvalue weighted by atomic mass is 10.0. The number of hydrogen-bond acceptors (Lipinski definition) is 2. The fraction of sp³-hybridized carbons (Fsp3) is 0.350. The first kappa shape index (κ1) is 17.6. The highest BCUT2D eigenvalue weighted by Crippen LogP contribution is 2.25. The molecule has 0 spiro atoms. The lowest BCUT2D eigenvalue weighted by molar-refractivity contribution is -0.113. The predicted molar refractivity (Wildman–Crippen MR) is 100 cm³/mol. The summed E-state index contributed by atoms with van der Waals surface area (Å²) in [5, 5.41) is 3.12. The lowest BCUT2D eigenvalue weighted by Gasteiger charge is -2.14. The van der Waals surface area contributed by atoms with Crippen molar-refractivity contribution in [3.8, 4) is 0 Å². The number of aryl methyl sites for hydroxylation is 4. The molecule has 0 bridgehead atoms. The fourth-order valence-corrected chi connectivity index (χ4v) is 3.49. The molecule has 0 aliphatic carbocycles. The number of nitrogens with one attached hydrogen (secondary N) is 1. The summed E-state index contributed by atoms with van der Waals surface area (Å²) in [5.74, 6) is 0.496. The molecule has 0 aliphatic heterocycles. The summed E-state index contributed by atoms with van der Waals surface area (Å²) in [5.41, 5.74) is 5.89. The zero-order chi connectivity index (χ0) is 16.8. The van der Waals surface area contributed by atoms with Gasteiger partial charge in [0.05, 0.1) is 5.75 Å². The normalized spacial score (nSPS) is 10.6. The monoisotopic (exact) mass is 327 g/mol. The van der Waals surface area contributed by atoms with E-state index in [2.05, 4.69) is 69.4 Å². The Kier molecular flexibility index (Phi) is 6.28. The number of rotatable bonds is 6. The van der Waals surface area contributed by atoms with Crippen molar-refractivity contribution in [2.45, 2.75) is 45.4 Å². The van der Waals surface area contributed by atoms with Gasteiger partial charge in [0, 0.05) is 10.6 Å². The summed E-state index contributed by atoms with van der Waals surface area (Å²) in [6.07, 6.45) is 1.85. The minimum absolute atomic E-state index is 0.0607. The third kappa shape index (κ3) is 4.61. The van der Waals surface area contributed by atoms with Crippen LogP contribution in [0.5, 0.6) is 0 Å². The van der Waals surface area contributed by atoms with E-state index < -0.39 is 0 Å².